The smallest absolute Gasteiger partial charge is 0.205 e. The molecule has 4 heteroatoms. The molecule has 0 bridgehead atoms. The standard InChI is InChI=1S/CH5O2PS/c2-1(3)5-4/h1-3H,4H2. The highest BCUT2D eigenvalue weighted by molar-refractivity contribution is 8.44. The van der Waals surface area contributed by atoms with Gasteiger partial charge in [-0.05, 0) is 0 Å². The van der Waals surface area contributed by atoms with Crippen molar-refractivity contribution in [3.8, 4) is 0 Å². The third kappa shape index (κ3) is 4.70. The summed E-state index contributed by atoms with van der Waals surface area (Å²) in [6.07, 6.45) is 0. The van der Waals surface area contributed by atoms with Gasteiger partial charge in [0.25, 0.3) is 0 Å². The molecule has 0 aromatic rings. The molecule has 0 aromatic heterocycles. The number of rotatable bonds is 1. The van der Waals surface area contributed by atoms with Gasteiger partial charge >= 0.3 is 0 Å². The van der Waals surface area contributed by atoms with Gasteiger partial charge in [0, 0.05) is 0 Å². The lowest BCUT2D eigenvalue weighted by Crippen LogP contribution is -1.90. The zero-order valence-corrected chi connectivity index (χ0v) is 4.43. The Hall–Kier alpha value is 0.700. The highest BCUT2D eigenvalue weighted by atomic mass is 32.7. The number of aliphatic hydroxyl groups is 2. The van der Waals surface area contributed by atoms with Crippen LogP contribution in [0.5, 0.6) is 0 Å². The van der Waals surface area contributed by atoms with Crippen molar-refractivity contribution >= 4 is 19.8 Å². The van der Waals surface area contributed by atoms with Crippen LogP contribution in [0.25, 0.3) is 0 Å². The molecule has 0 aliphatic rings. The molecule has 0 heterocycles. The molecule has 0 spiro atoms. The van der Waals surface area contributed by atoms with Crippen LogP contribution in [0.4, 0.5) is 0 Å². The van der Waals surface area contributed by atoms with Crippen molar-refractivity contribution in [3.63, 3.8) is 0 Å². The van der Waals surface area contributed by atoms with Gasteiger partial charge < -0.3 is 10.2 Å². The number of aliphatic hydroxyl groups excluding tert-OH is 1. The van der Waals surface area contributed by atoms with E-state index in [4.69, 9.17) is 10.2 Å². The Balaban J connectivity index is 2.54. The van der Waals surface area contributed by atoms with E-state index in [1.54, 1.807) is 0 Å². The van der Waals surface area contributed by atoms with Crippen LogP contribution in [0, 0.1) is 0 Å². The topological polar surface area (TPSA) is 40.5 Å². The fourth-order valence-electron chi connectivity index (χ4n) is 0. The zero-order valence-electron chi connectivity index (χ0n) is 2.46. The summed E-state index contributed by atoms with van der Waals surface area (Å²) >= 11 is 0.907. The van der Waals surface area contributed by atoms with Crippen molar-refractivity contribution in [2.24, 2.45) is 0 Å². The molecule has 0 saturated carbocycles. The average molecular weight is 112 g/mol. The van der Waals surface area contributed by atoms with E-state index < -0.39 is 5.62 Å². The third-order valence-electron chi connectivity index (χ3n) is 0.122. The minimum atomic E-state index is -1.24. The van der Waals surface area contributed by atoms with Gasteiger partial charge in [0.05, 0.1) is 0 Å². The minimum Gasteiger partial charge on any atom is -0.359 e. The van der Waals surface area contributed by atoms with E-state index in [0.29, 0.717) is 0 Å². The first kappa shape index (κ1) is 5.70. The average Bonchev–Trinajstić information content (AvgIpc) is 1.38. The summed E-state index contributed by atoms with van der Waals surface area (Å²) in [7, 11) is 2.11. The van der Waals surface area contributed by atoms with Gasteiger partial charge in [-0.15, -0.1) is 0 Å². The maximum Gasteiger partial charge on any atom is 0.205 e. The molecule has 1 atom stereocenters. The Morgan fingerprint density at radius 3 is 1.80 bits per heavy atom. The van der Waals surface area contributed by atoms with Gasteiger partial charge in [-0.2, -0.15) is 0 Å². The molecule has 0 fully saturated rings. The largest absolute Gasteiger partial charge is 0.359 e. The van der Waals surface area contributed by atoms with E-state index in [0.717, 1.165) is 11.4 Å². The van der Waals surface area contributed by atoms with Gasteiger partial charge in [0.2, 0.25) is 5.62 Å². The normalized spacial score (nSPS) is 9.60. The lowest BCUT2D eigenvalue weighted by atomic mass is 11.5. The van der Waals surface area contributed by atoms with E-state index >= 15 is 0 Å². The zero-order chi connectivity index (χ0) is 4.28. The van der Waals surface area contributed by atoms with Crippen molar-refractivity contribution in [1.29, 1.82) is 0 Å². The third-order valence-corrected chi connectivity index (χ3v) is 1.10. The van der Waals surface area contributed by atoms with E-state index in [2.05, 4.69) is 8.44 Å². The molecule has 0 aliphatic carbocycles. The molecule has 0 radical (unpaired) electrons. The van der Waals surface area contributed by atoms with Gasteiger partial charge in [-0.25, -0.2) is 0 Å². The molecule has 1 unspecified atom stereocenters. The molecule has 32 valence electrons. The quantitative estimate of drug-likeness (QED) is 0.364. The molecule has 0 rings (SSSR count). The second kappa shape index (κ2) is 2.91. The lowest BCUT2D eigenvalue weighted by molar-refractivity contribution is 0.0419. The predicted octanol–water partition coefficient (Wildman–Crippen LogP) is -0.222. The summed E-state index contributed by atoms with van der Waals surface area (Å²) in [5, 5.41) is 15.7. The van der Waals surface area contributed by atoms with Crippen molar-refractivity contribution < 1.29 is 10.2 Å². The van der Waals surface area contributed by atoms with Crippen LogP contribution in [-0.4, -0.2) is 15.8 Å². The van der Waals surface area contributed by atoms with Crippen molar-refractivity contribution in [2.75, 3.05) is 0 Å². The van der Waals surface area contributed by atoms with Gasteiger partial charge in [0.15, 0.2) is 0 Å². The molecule has 0 saturated heterocycles. The van der Waals surface area contributed by atoms with Gasteiger partial charge in [0.1, 0.15) is 0 Å². The van der Waals surface area contributed by atoms with Crippen LogP contribution >= 0.6 is 19.8 Å². The molecule has 2 N–H and O–H groups in total. The first-order valence-corrected chi connectivity index (χ1v) is 3.34. The monoisotopic (exact) mass is 112 g/mol. The van der Waals surface area contributed by atoms with Crippen molar-refractivity contribution in [3.05, 3.63) is 0 Å². The molecule has 0 aromatic carbocycles. The molecular weight excluding hydrogens is 107 g/mol. The van der Waals surface area contributed by atoms with E-state index in [1.165, 1.54) is 0 Å². The number of hydrogen-bond acceptors (Lipinski definition) is 3. The van der Waals surface area contributed by atoms with Crippen LogP contribution in [-0.2, 0) is 0 Å². The van der Waals surface area contributed by atoms with Crippen LogP contribution in [0.15, 0.2) is 0 Å². The summed E-state index contributed by atoms with van der Waals surface area (Å²) in [4.78, 5) is 0. The summed E-state index contributed by atoms with van der Waals surface area (Å²) in [6.45, 7) is 0. The fraction of sp³-hybridized carbons (Fsp3) is 1.00. The highest BCUT2D eigenvalue weighted by Crippen LogP contribution is 2.12. The molecule has 5 heavy (non-hydrogen) atoms. The number of hydrogen-bond donors (Lipinski definition) is 2. The summed E-state index contributed by atoms with van der Waals surface area (Å²) in [5.74, 6) is 0. The first-order valence-electron chi connectivity index (χ1n) is 0.988. The van der Waals surface area contributed by atoms with E-state index in [9.17, 15) is 0 Å². The highest BCUT2D eigenvalue weighted by Gasteiger charge is 1.84. The minimum absolute atomic E-state index is 0.907. The Morgan fingerprint density at radius 2 is 1.80 bits per heavy atom. The van der Waals surface area contributed by atoms with E-state index in [-0.39, 0.29) is 0 Å². The van der Waals surface area contributed by atoms with Crippen molar-refractivity contribution in [1.82, 2.24) is 0 Å². The van der Waals surface area contributed by atoms with Gasteiger partial charge in [-0.3, -0.25) is 0 Å². The van der Waals surface area contributed by atoms with Crippen LogP contribution in [0.2, 0.25) is 0 Å². The first-order chi connectivity index (χ1) is 2.27. The fourth-order valence-corrected chi connectivity index (χ4v) is 0. The van der Waals surface area contributed by atoms with Crippen LogP contribution in [0.1, 0.15) is 0 Å². The second-order valence-corrected chi connectivity index (χ2v) is 1.97. The molecule has 0 aliphatic heterocycles. The Kier molecular flexibility index (Phi) is 3.32. The van der Waals surface area contributed by atoms with Crippen molar-refractivity contribution in [2.45, 2.75) is 5.62 Å². The second-order valence-electron chi connectivity index (χ2n) is 0.462. The van der Waals surface area contributed by atoms with Crippen LogP contribution < -0.4 is 0 Å². The Bertz CT molecular complexity index is 23.6. The summed E-state index contributed by atoms with van der Waals surface area (Å²) in [6, 6.07) is 0. The SMILES string of the molecule is OC(O)SP. The van der Waals surface area contributed by atoms with E-state index in [1.807, 2.05) is 0 Å². The Morgan fingerprint density at radius 1 is 1.60 bits per heavy atom. The molecular formula is CH5O2PS. The molecule has 2 nitrogen and oxygen atoms in total. The maximum absolute atomic E-state index is 7.86. The Labute approximate surface area is 36.5 Å². The molecule has 0 amide bonds. The van der Waals surface area contributed by atoms with Crippen LogP contribution in [0.3, 0.4) is 0 Å². The summed E-state index contributed by atoms with van der Waals surface area (Å²) < 4.78 is 0. The lowest BCUT2D eigenvalue weighted by Gasteiger charge is -1.89. The summed E-state index contributed by atoms with van der Waals surface area (Å²) in [5.41, 5.74) is -1.24. The van der Waals surface area contributed by atoms with Gasteiger partial charge in [-0.1, -0.05) is 19.8 Å². The maximum atomic E-state index is 7.86. The predicted molar refractivity (Wildman–Crippen MR) is 25.5 cm³/mol.